The molecule has 3 aromatic rings. The number of aryl methyl sites for hydroxylation is 2. The number of ether oxygens (including phenoxy) is 2. The van der Waals surface area contributed by atoms with Gasteiger partial charge in [-0.25, -0.2) is 4.79 Å². The predicted octanol–water partition coefficient (Wildman–Crippen LogP) is 3.91. The zero-order valence-electron chi connectivity index (χ0n) is 15.3. The Bertz CT molecular complexity index is 1040. The molecule has 6 heteroatoms. The summed E-state index contributed by atoms with van der Waals surface area (Å²) < 4.78 is 10.8. The van der Waals surface area contributed by atoms with Crippen molar-refractivity contribution in [3.63, 3.8) is 0 Å². The molecule has 5 nitrogen and oxygen atoms in total. The monoisotopic (exact) mass is 393 g/mol. The van der Waals surface area contributed by atoms with Crippen LogP contribution in [0.5, 0.6) is 5.75 Å². The van der Waals surface area contributed by atoms with E-state index in [1.165, 1.54) is 16.9 Å². The van der Waals surface area contributed by atoms with E-state index in [1.807, 2.05) is 30.3 Å². The van der Waals surface area contributed by atoms with Gasteiger partial charge in [-0.1, -0.05) is 30.3 Å². The fourth-order valence-electron chi connectivity index (χ4n) is 3.42. The summed E-state index contributed by atoms with van der Waals surface area (Å²) in [7, 11) is 1.65. The minimum atomic E-state index is -1.11. The molecule has 1 aliphatic carbocycles. The number of esters is 1. The first-order valence-electron chi connectivity index (χ1n) is 8.92. The summed E-state index contributed by atoms with van der Waals surface area (Å²) in [5.41, 5.74) is 9.45. The first kappa shape index (κ1) is 18.3. The number of thiophene rings is 1. The molecular weight excluding hydrogens is 374 g/mol. The van der Waals surface area contributed by atoms with E-state index in [-0.39, 0.29) is 0 Å². The van der Waals surface area contributed by atoms with Crippen molar-refractivity contribution < 1.29 is 19.1 Å². The lowest BCUT2D eigenvalue weighted by molar-refractivity contribution is -0.127. The van der Waals surface area contributed by atoms with E-state index in [0.717, 1.165) is 34.6 Å². The van der Waals surface area contributed by atoms with Crippen LogP contribution in [0.25, 0.3) is 10.4 Å². The second-order valence-corrected chi connectivity index (χ2v) is 7.64. The van der Waals surface area contributed by atoms with Crippen LogP contribution in [0.15, 0.2) is 54.6 Å². The lowest BCUT2D eigenvalue weighted by atomic mass is 9.91. The number of carbonyl (C=O) groups is 2. The van der Waals surface area contributed by atoms with Gasteiger partial charge in [-0.3, -0.25) is 4.79 Å². The highest BCUT2D eigenvalue weighted by Gasteiger charge is 2.27. The number of benzene rings is 2. The number of carbonyl (C=O) groups excluding carboxylic acids is 2. The third-order valence-corrected chi connectivity index (χ3v) is 6.01. The number of amides is 1. The maximum atomic E-state index is 12.7. The maximum absolute atomic E-state index is 12.7. The lowest BCUT2D eigenvalue weighted by Crippen LogP contribution is -2.26. The predicted molar refractivity (Wildman–Crippen MR) is 108 cm³/mol. The Balaban J connectivity index is 1.61. The summed E-state index contributed by atoms with van der Waals surface area (Å²) in [4.78, 5) is 26.1. The Hall–Kier alpha value is -3.12. The molecule has 0 aliphatic heterocycles. The molecule has 0 spiro atoms. The van der Waals surface area contributed by atoms with E-state index in [1.54, 1.807) is 31.4 Å². The van der Waals surface area contributed by atoms with Crippen molar-refractivity contribution in [1.29, 1.82) is 0 Å². The second kappa shape index (κ2) is 7.48. The van der Waals surface area contributed by atoms with E-state index >= 15 is 0 Å². The van der Waals surface area contributed by atoms with Crippen LogP contribution >= 0.6 is 11.3 Å². The fourth-order valence-corrected chi connectivity index (χ4v) is 4.57. The van der Waals surface area contributed by atoms with E-state index < -0.39 is 18.0 Å². The molecule has 1 aliphatic rings. The normalized spacial score (nSPS) is 13.2. The third kappa shape index (κ3) is 3.39. The molecule has 28 heavy (non-hydrogen) atoms. The quantitative estimate of drug-likeness (QED) is 0.667. The van der Waals surface area contributed by atoms with E-state index in [2.05, 4.69) is 0 Å². The van der Waals surface area contributed by atoms with Crippen LogP contribution in [0.4, 0.5) is 0 Å². The van der Waals surface area contributed by atoms with Gasteiger partial charge in [0.1, 0.15) is 10.6 Å². The molecule has 2 aromatic carbocycles. The molecule has 1 heterocycles. The van der Waals surface area contributed by atoms with Crippen molar-refractivity contribution in [3.05, 3.63) is 76.2 Å². The molecule has 1 aromatic heterocycles. The highest BCUT2D eigenvalue weighted by Crippen LogP contribution is 2.41. The molecule has 0 bridgehead atoms. The Kier molecular flexibility index (Phi) is 4.88. The van der Waals surface area contributed by atoms with Gasteiger partial charge in [0.05, 0.1) is 7.11 Å². The highest BCUT2D eigenvalue weighted by atomic mass is 32.1. The topological polar surface area (TPSA) is 78.6 Å². The summed E-state index contributed by atoms with van der Waals surface area (Å²) in [6, 6.07) is 16.6. The number of methoxy groups -OCH3 is 1. The number of primary amides is 1. The van der Waals surface area contributed by atoms with Crippen LogP contribution in [0.1, 0.15) is 32.5 Å². The molecule has 142 valence electrons. The summed E-state index contributed by atoms with van der Waals surface area (Å²) >= 11 is 1.38. The van der Waals surface area contributed by atoms with Crippen LogP contribution in [0, 0.1) is 0 Å². The van der Waals surface area contributed by atoms with Gasteiger partial charge in [-0.05, 0) is 53.8 Å². The van der Waals surface area contributed by atoms with E-state index in [4.69, 9.17) is 15.2 Å². The molecule has 0 unspecified atom stereocenters. The Morgan fingerprint density at radius 3 is 2.50 bits per heavy atom. The average Bonchev–Trinajstić information content (AvgIpc) is 3.16. The van der Waals surface area contributed by atoms with Crippen molar-refractivity contribution in [3.8, 4) is 16.2 Å². The number of hydrogen-bond acceptors (Lipinski definition) is 5. The molecule has 1 atom stereocenters. The van der Waals surface area contributed by atoms with Gasteiger partial charge in [0, 0.05) is 10.4 Å². The van der Waals surface area contributed by atoms with E-state index in [0.29, 0.717) is 10.4 Å². The second-order valence-electron chi connectivity index (χ2n) is 6.59. The van der Waals surface area contributed by atoms with Crippen LogP contribution in [0.3, 0.4) is 0 Å². The number of hydrogen-bond donors (Lipinski definition) is 1. The number of rotatable bonds is 5. The SMILES string of the molecule is COc1ccc2c(c1)CCc1cc(C(=O)O[C@H](C(N)=O)c3ccccc3)sc1-2. The zero-order chi connectivity index (χ0) is 19.7. The van der Waals surface area contributed by atoms with Gasteiger partial charge in [-0.2, -0.15) is 0 Å². The molecule has 0 radical (unpaired) electrons. The van der Waals surface area contributed by atoms with Crippen molar-refractivity contribution >= 4 is 23.2 Å². The van der Waals surface area contributed by atoms with Gasteiger partial charge < -0.3 is 15.2 Å². The molecule has 2 N–H and O–H groups in total. The molecule has 4 rings (SSSR count). The Labute approximate surface area is 166 Å². The molecular formula is C22H19NO4S. The van der Waals surface area contributed by atoms with Gasteiger partial charge in [-0.15, -0.1) is 11.3 Å². The van der Waals surface area contributed by atoms with Crippen molar-refractivity contribution in [2.24, 2.45) is 5.73 Å². The van der Waals surface area contributed by atoms with Crippen LogP contribution < -0.4 is 10.5 Å². The average molecular weight is 393 g/mol. The maximum Gasteiger partial charge on any atom is 0.349 e. The standard InChI is InChI=1S/C22H19NO4S/c1-26-16-9-10-17-14(11-16)7-8-15-12-18(28-20(15)17)22(25)27-19(21(23)24)13-5-3-2-4-6-13/h2-6,9-12,19H,7-8H2,1H3,(H2,23,24)/t19-/m0/s1. The number of nitrogens with two attached hydrogens (primary N) is 1. The Morgan fingerprint density at radius 2 is 1.79 bits per heavy atom. The van der Waals surface area contributed by atoms with E-state index in [9.17, 15) is 9.59 Å². The van der Waals surface area contributed by atoms with Crippen molar-refractivity contribution in [2.75, 3.05) is 7.11 Å². The third-order valence-electron chi connectivity index (χ3n) is 4.82. The first-order chi connectivity index (χ1) is 13.6. The molecule has 1 amide bonds. The first-order valence-corrected chi connectivity index (χ1v) is 9.73. The van der Waals surface area contributed by atoms with Gasteiger partial charge >= 0.3 is 5.97 Å². The summed E-state index contributed by atoms with van der Waals surface area (Å²) in [6.45, 7) is 0. The lowest BCUT2D eigenvalue weighted by Gasteiger charge is -2.16. The van der Waals surface area contributed by atoms with Gasteiger partial charge in [0.15, 0.2) is 0 Å². The largest absolute Gasteiger partial charge is 0.497 e. The molecule has 0 saturated heterocycles. The van der Waals surface area contributed by atoms with Gasteiger partial charge in [0.2, 0.25) is 6.10 Å². The van der Waals surface area contributed by atoms with Crippen LogP contribution in [-0.4, -0.2) is 19.0 Å². The van der Waals surface area contributed by atoms with Crippen LogP contribution in [0.2, 0.25) is 0 Å². The van der Waals surface area contributed by atoms with Crippen LogP contribution in [-0.2, 0) is 22.4 Å². The smallest absolute Gasteiger partial charge is 0.349 e. The van der Waals surface area contributed by atoms with Crippen molar-refractivity contribution in [2.45, 2.75) is 18.9 Å². The minimum absolute atomic E-state index is 0.468. The highest BCUT2D eigenvalue weighted by molar-refractivity contribution is 7.17. The fraction of sp³-hybridized carbons (Fsp3) is 0.182. The summed E-state index contributed by atoms with van der Waals surface area (Å²) in [5.74, 6) is -0.411. The minimum Gasteiger partial charge on any atom is -0.497 e. The zero-order valence-corrected chi connectivity index (χ0v) is 16.1. The van der Waals surface area contributed by atoms with Crippen molar-refractivity contribution in [1.82, 2.24) is 0 Å². The number of fused-ring (bicyclic) bond motifs is 3. The molecule has 0 fully saturated rings. The molecule has 0 saturated carbocycles. The summed E-state index contributed by atoms with van der Waals surface area (Å²) in [5, 5.41) is 0. The van der Waals surface area contributed by atoms with Gasteiger partial charge in [0.25, 0.3) is 5.91 Å². The Morgan fingerprint density at radius 1 is 1.04 bits per heavy atom. The summed E-state index contributed by atoms with van der Waals surface area (Å²) in [6.07, 6.45) is 0.625.